The fraction of sp³-hybridized carbons (Fsp3) is 0.0476. The Morgan fingerprint density at radius 3 is 0.717 bits per heavy atom. The Balaban J connectivity index is 0.000000688. The fourth-order valence-electron chi connectivity index (χ4n) is 4.90. The first-order valence-corrected chi connectivity index (χ1v) is 14.4. The van der Waals surface area contributed by atoms with Crippen LogP contribution in [0.15, 0.2) is 218 Å². The molecule has 46 heavy (non-hydrogen) atoms. The van der Waals surface area contributed by atoms with Crippen molar-refractivity contribution < 1.29 is 68.3 Å². The molecule has 8 aromatic carbocycles. The maximum atomic E-state index is 2.25. The molecule has 0 bridgehead atoms. The molecule has 0 aliphatic heterocycles. The van der Waals surface area contributed by atoms with Gasteiger partial charge >= 0.3 is 68.3 Å². The average molecular weight is 766 g/mol. The maximum absolute atomic E-state index is 2.25. The summed E-state index contributed by atoms with van der Waals surface area (Å²) in [5.41, 5.74) is 5.37. The largest absolute Gasteiger partial charge is 2.00 e. The molecule has 0 fully saturated rings. The third-order valence-corrected chi connectivity index (χ3v) is 6.89. The molecule has 0 saturated heterocycles. The maximum Gasteiger partial charge on any atom is 2.00 e. The van der Waals surface area contributed by atoms with Crippen LogP contribution in [-0.4, -0.2) is 0 Å². The molecule has 238 valence electrons. The van der Waals surface area contributed by atoms with E-state index in [0.29, 0.717) is 0 Å². The Labute approximate surface area is 318 Å². The summed E-state index contributed by atoms with van der Waals surface area (Å²) >= 11 is 0. The van der Waals surface area contributed by atoms with Crippen LogP contribution in [0.5, 0.6) is 0 Å². The zero-order valence-electron chi connectivity index (χ0n) is 25.4. The average Bonchev–Trinajstić information content (AvgIpc) is 3.92. The minimum Gasteiger partial charge on any atom is -0.214 e. The number of hydrogen-bond acceptors (Lipinski definition) is 0. The summed E-state index contributed by atoms with van der Waals surface area (Å²) in [6.45, 7) is 0. The topological polar surface area (TPSA) is 0 Å². The van der Waals surface area contributed by atoms with Gasteiger partial charge in [-0.3, -0.25) is 0 Å². The second kappa shape index (κ2) is 26.0. The van der Waals surface area contributed by atoms with E-state index in [1.807, 2.05) is 121 Å². The molecular weight excluding hydrogens is 728 g/mol. The van der Waals surface area contributed by atoms with E-state index in [2.05, 4.69) is 97.1 Å². The van der Waals surface area contributed by atoms with E-state index in [1.54, 1.807) is 0 Å². The van der Waals surface area contributed by atoms with E-state index in [4.69, 9.17) is 0 Å². The third-order valence-electron chi connectivity index (χ3n) is 6.89. The summed E-state index contributed by atoms with van der Waals surface area (Å²) in [4.78, 5) is 0. The van der Waals surface area contributed by atoms with E-state index in [-0.39, 0.29) is 73.7 Å². The summed E-state index contributed by atoms with van der Waals surface area (Å²) < 4.78 is 0. The molecule has 8 aromatic rings. The van der Waals surface area contributed by atoms with E-state index < -0.39 is 0 Å². The quantitative estimate of drug-likeness (QED) is 0.121. The molecule has 0 aliphatic carbocycles. The van der Waals surface area contributed by atoms with Crippen molar-refractivity contribution in [3.63, 3.8) is 0 Å². The van der Waals surface area contributed by atoms with Crippen LogP contribution in [-0.2, 0) is 80.1 Å². The van der Waals surface area contributed by atoms with Gasteiger partial charge in [-0.1, -0.05) is 11.8 Å². The van der Waals surface area contributed by atoms with Crippen LogP contribution in [0.3, 0.4) is 0 Å². The Morgan fingerprint density at radius 1 is 0.304 bits per heavy atom. The van der Waals surface area contributed by atoms with Gasteiger partial charge in [0.15, 0.2) is 0 Å². The molecule has 0 aromatic heterocycles. The minimum absolute atomic E-state index is 0. The van der Waals surface area contributed by atoms with Crippen molar-refractivity contribution in [1.29, 1.82) is 0 Å². The van der Waals surface area contributed by atoms with Gasteiger partial charge in [0.25, 0.3) is 0 Å². The Hall–Kier alpha value is -3.12. The molecule has 0 atom stereocenters. The van der Waals surface area contributed by atoms with E-state index in [9.17, 15) is 0 Å². The van der Waals surface area contributed by atoms with Crippen LogP contribution in [0, 0.1) is 0 Å². The predicted octanol–water partition coefficient (Wildman–Crippen LogP) is 10.8. The zero-order valence-corrected chi connectivity index (χ0v) is 29.8. The second-order valence-electron chi connectivity index (χ2n) is 9.74. The Morgan fingerprint density at radius 2 is 0.522 bits per heavy atom. The van der Waals surface area contributed by atoms with Gasteiger partial charge in [0.2, 0.25) is 0 Å². The molecule has 0 nitrogen and oxygen atoms in total. The third kappa shape index (κ3) is 14.1. The van der Waals surface area contributed by atoms with Crippen LogP contribution >= 0.6 is 0 Å². The second-order valence-corrected chi connectivity index (χ2v) is 9.74. The first kappa shape index (κ1) is 42.9. The molecule has 0 unspecified atom stereocenters. The van der Waals surface area contributed by atoms with Gasteiger partial charge in [0.1, 0.15) is 0 Å². The first-order chi connectivity index (χ1) is 20.9. The summed E-state index contributed by atoms with van der Waals surface area (Å²) in [6, 6.07) is 75.1. The van der Waals surface area contributed by atoms with Crippen molar-refractivity contribution in [2.45, 2.75) is 11.8 Å². The molecule has 4 heteroatoms. The summed E-state index contributed by atoms with van der Waals surface area (Å²) in [5.74, 6) is 0. The predicted molar refractivity (Wildman–Crippen MR) is 180 cm³/mol. The molecule has 8 rings (SSSR count). The van der Waals surface area contributed by atoms with Crippen molar-refractivity contribution in [2.75, 3.05) is 0 Å². The monoisotopic (exact) mass is 766 g/mol. The minimum atomic E-state index is -0.106. The molecule has 0 heterocycles. The normalized spacial score (nSPS) is 9.13. The molecule has 0 spiro atoms. The van der Waals surface area contributed by atoms with Crippen molar-refractivity contribution in [2.24, 2.45) is 0 Å². The van der Waals surface area contributed by atoms with Gasteiger partial charge in [0.05, 0.1) is 0 Å². The molecule has 0 aliphatic rings. The molecule has 0 amide bonds. The molecule has 0 N–H and O–H groups in total. The number of rotatable bonds is 5. The smallest absolute Gasteiger partial charge is 0.214 e. The van der Waals surface area contributed by atoms with Gasteiger partial charge < -0.3 is 0 Å². The van der Waals surface area contributed by atoms with Crippen molar-refractivity contribution in [1.82, 2.24) is 0 Å². The van der Waals surface area contributed by atoms with Gasteiger partial charge in [0, 0.05) is 0 Å². The van der Waals surface area contributed by atoms with Crippen LogP contribution in [0.4, 0.5) is 0 Å². The van der Waals surface area contributed by atoms with Crippen molar-refractivity contribution in [3.8, 4) is 0 Å². The number of hydrogen-bond donors (Lipinski definition) is 0. The van der Waals surface area contributed by atoms with Gasteiger partial charge in [-0.2, -0.15) is 144 Å². The van der Waals surface area contributed by atoms with Gasteiger partial charge in [-0.15, -0.1) is 0 Å². The molecular formula is C42H38Fe4. The molecule has 0 saturated carbocycles. The van der Waals surface area contributed by atoms with Crippen LogP contribution in [0.2, 0.25) is 0 Å². The summed E-state index contributed by atoms with van der Waals surface area (Å²) in [5, 5.41) is 0. The van der Waals surface area contributed by atoms with Gasteiger partial charge in [-0.25, -0.2) is 97.1 Å². The van der Waals surface area contributed by atoms with Crippen LogP contribution in [0.25, 0.3) is 0 Å². The Bertz CT molecular complexity index is 1290. The fourth-order valence-corrected chi connectivity index (χ4v) is 4.90. The van der Waals surface area contributed by atoms with E-state index in [0.717, 1.165) is 6.42 Å². The van der Waals surface area contributed by atoms with Crippen molar-refractivity contribution in [3.05, 3.63) is 241 Å². The van der Waals surface area contributed by atoms with Crippen LogP contribution in [0.1, 0.15) is 22.3 Å². The van der Waals surface area contributed by atoms with Crippen molar-refractivity contribution >= 4 is 0 Å². The Kier molecular flexibility index (Phi) is 24.2. The van der Waals surface area contributed by atoms with E-state index in [1.165, 1.54) is 22.3 Å². The van der Waals surface area contributed by atoms with E-state index >= 15 is 0 Å². The first-order valence-electron chi connectivity index (χ1n) is 14.4. The summed E-state index contributed by atoms with van der Waals surface area (Å²) in [7, 11) is 0. The standard InChI is InChI=1S/C22H18.4C5H5.4Fe/c1-2-10-18(9-1)17-22(19-11-3-4-12-19,20-13-5-6-14-20)21-15-7-8-16-21;4*1-2-4-5-3-1;;;;/h1-16H,17H2;4*1-5H;;;;/q-4;4*-1;4*+2. The van der Waals surface area contributed by atoms with Crippen LogP contribution < -0.4 is 0 Å². The molecule has 0 radical (unpaired) electrons. The zero-order chi connectivity index (χ0) is 29.0. The SMILES string of the molecule is [Fe+2].[Fe+2].[Fe+2].[Fe+2].c1cc[c-](CC([c-]2cccc2)([c-]2cccc2)[c-]2cccc2)c1.c1cc[cH-]c1.c1cc[cH-]c1.c1cc[cH-]c1.c1cc[cH-]c1. The van der Waals surface area contributed by atoms with Gasteiger partial charge in [-0.05, 0) is 0 Å². The summed E-state index contributed by atoms with van der Waals surface area (Å²) in [6.07, 6.45) is 0.984.